The van der Waals surface area contributed by atoms with Gasteiger partial charge in [-0.05, 0) is 84.8 Å². The Bertz CT molecular complexity index is 3970. The van der Waals surface area contributed by atoms with Crippen LogP contribution in [-0.4, -0.2) is 117 Å². The van der Waals surface area contributed by atoms with E-state index in [1.165, 1.54) is 99.5 Å². The predicted molar refractivity (Wildman–Crippen MR) is 368 cm³/mol. The van der Waals surface area contributed by atoms with Gasteiger partial charge in [-0.3, -0.25) is 23.6 Å². The molecule has 4 heterocycles. The molecule has 0 aliphatic carbocycles. The van der Waals surface area contributed by atoms with Crippen LogP contribution in [0.3, 0.4) is 0 Å². The van der Waals surface area contributed by atoms with Crippen molar-refractivity contribution in [2.24, 2.45) is 0 Å². The van der Waals surface area contributed by atoms with Crippen molar-refractivity contribution in [1.82, 2.24) is 29.3 Å². The average molecular weight is 1650 g/mol. The number of hydrogen-bond donors (Lipinski definition) is 2. The maximum Gasteiger partial charge on any atom is 1.00 e. The smallest absolute Gasteiger partial charge is 1.00 e. The quantitative estimate of drug-likeness (QED) is 0.0154. The summed E-state index contributed by atoms with van der Waals surface area (Å²) in [6, 6.07) is 43.9. The van der Waals surface area contributed by atoms with Gasteiger partial charge in [-0.1, -0.05) is 171 Å². The molecule has 1 saturated heterocycles. The number of benzene rings is 6. The number of carbonyl (C=O) groups excluding carboxylic acids is 3. The molecule has 3 aromatic heterocycles. The summed E-state index contributed by atoms with van der Waals surface area (Å²) in [6.45, 7) is -2.95. The van der Waals surface area contributed by atoms with Crippen LogP contribution in [0.2, 0.25) is 15.1 Å². The van der Waals surface area contributed by atoms with Crippen LogP contribution in [0.25, 0.3) is 33.8 Å². The topological polar surface area (TPSA) is 250 Å². The largest absolute Gasteiger partial charge is 1.00 e. The number of aromatic nitrogens is 6. The molecule has 2 N–H and O–H groups in total. The number of alkyl halides is 10. The van der Waals surface area contributed by atoms with Gasteiger partial charge in [0.25, 0.3) is 6.47 Å². The molecule has 10 rings (SSSR count). The summed E-state index contributed by atoms with van der Waals surface area (Å²) in [5, 5.41) is 40.2. The number of esters is 2. The van der Waals surface area contributed by atoms with E-state index >= 15 is 0 Å². The molecule has 4 atom stereocenters. The Balaban J connectivity index is -0.00000127. The molecule has 1 aliphatic heterocycles. The molecule has 0 saturated carbocycles. The third kappa shape index (κ3) is 35.2. The number of phenols is 1. The van der Waals surface area contributed by atoms with Crippen LogP contribution in [0.15, 0.2) is 182 Å². The Morgan fingerprint density at radius 2 is 0.923 bits per heavy atom. The van der Waals surface area contributed by atoms with E-state index in [0.717, 1.165) is 39.1 Å². The number of ether oxygens (including phenoxy) is 6. The summed E-state index contributed by atoms with van der Waals surface area (Å²) in [7, 11) is 4.29. The molecule has 6 aromatic carbocycles. The van der Waals surface area contributed by atoms with Crippen molar-refractivity contribution in [2.45, 2.75) is 104 Å². The molecule has 0 spiro atoms. The zero-order valence-corrected chi connectivity index (χ0v) is 63.4. The van der Waals surface area contributed by atoms with E-state index < -0.39 is 62.3 Å². The SMILES string of the molecule is C.C.C.C.COC(=O)C(Br)c1ccccc1.COC(=O)C(Oc1ccc(Cl)cc1-c1ccn(CC(F)(F)F)n1)c1ccccc1.COC1CCCO1.O=C(O)C(Oc1ccc(Cl)cc1-c1ccn(CC(F)(F)F)n1)c1ccccc1.O=CO[O-].Oc1ccc(Cl)cc1-c1ccn(CC(F)(F)F)n1.[H-].[K+].[K+]. The summed E-state index contributed by atoms with van der Waals surface area (Å²) in [5.41, 5.74) is 3.45. The zero-order chi connectivity index (χ0) is 72.2. The van der Waals surface area contributed by atoms with E-state index in [1.54, 1.807) is 73.8 Å². The molecule has 1 aliphatic rings. The third-order valence-corrected chi connectivity index (χ3v) is 14.2. The third-order valence-electron chi connectivity index (χ3n) is 12.6. The number of nitrogens with zero attached hydrogens (tertiary/aromatic N) is 6. The molecule has 0 radical (unpaired) electrons. The number of aromatic hydroxyl groups is 1. The first-order chi connectivity index (χ1) is 46.4. The van der Waals surface area contributed by atoms with Crippen molar-refractivity contribution in [2.75, 3.05) is 27.9 Å². The second-order valence-corrected chi connectivity index (χ2v) is 22.1. The average Bonchev–Trinajstić information content (AvgIpc) is 1.80. The Labute approximate surface area is 705 Å². The number of carbonyl (C=O) groups is 4. The van der Waals surface area contributed by atoms with Gasteiger partial charge in [-0.15, -0.1) is 0 Å². The molecule has 9 aromatic rings. The summed E-state index contributed by atoms with van der Waals surface area (Å²) in [5.74, 6) is -1.84. The van der Waals surface area contributed by atoms with Gasteiger partial charge < -0.3 is 50.2 Å². The van der Waals surface area contributed by atoms with Crippen molar-refractivity contribution in [3.63, 3.8) is 0 Å². The van der Waals surface area contributed by atoms with E-state index in [4.69, 9.17) is 68.5 Å². The molecular formula is C69H75BrCl3F9K2N6O14. The number of hydrogen-bond acceptors (Lipinski definition) is 16. The first-order valence-electron chi connectivity index (χ1n) is 28.2. The van der Waals surface area contributed by atoms with Gasteiger partial charge in [0.15, 0.2) is 6.29 Å². The Kier molecular flexibility index (Phi) is 48.0. The molecule has 35 heteroatoms. The normalized spacial score (nSPS) is 12.6. The monoisotopic (exact) mass is 1640 g/mol. The van der Waals surface area contributed by atoms with Crippen molar-refractivity contribution in [1.29, 1.82) is 0 Å². The number of carboxylic acid groups (broad SMARTS) is 1. The maximum atomic E-state index is 12.6. The van der Waals surface area contributed by atoms with Gasteiger partial charge in [0, 0.05) is 81.6 Å². The van der Waals surface area contributed by atoms with Gasteiger partial charge in [-0.25, -0.2) is 9.59 Å². The van der Waals surface area contributed by atoms with Crippen LogP contribution in [0, 0.1) is 0 Å². The van der Waals surface area contributed by atoms with Gasteiger partial charge in [-0.2, -0.15) is 54.8 Å². The van der Waals surface area contributed by atoms with E-state index in [9.17, 15) is 64.1 Å². The fraction of sp³-hybridized carbons (Fsp3) is 0.290. The first kappa shape index (κ1) is 100. The molecule has 0 amide bonds. The van der Waals surface area contributed by atoms with Gasteiger partial charge >= 0.3 is 139 Å². The predicted octanol–water partition coefficient (Wildman–Crippen LogP) is 11.7. The molecule has 104 heavy (non-hydrogen) atoms. The standard InChI is InChI=1S/C20H16ClF3N2O3.C19H14ClF3N2O3.C11H8ClF3N2O.C9H9BrO2.C5H10O2.CH2O3.4CH4.2K.H/c1-28-19(27)18(13-5-3-2-4-6-13)29-17-8-7-14(21)11-15(17)16-9-10-26(25-16)12-20(22,23)24;20-13-6-7-16(28-17(18(26)27)12-4-2-1-3-5-12)14(10-13)15-8-9-25(24-15)11-19(21,22)23;12-7-1-2-10(18)8(5-7)9-3-4-17(16-9)6-11(13,14)15;1-12-9(11)8(10)7-5-3-2-4-6-7;1-6-5-3-2-4-7-5;2-1-4-3;;;;;;;/h2-11,18H,12H2,1H3;1-10,17H,11H2,(H,26,27);1-5,18H,6H2;2-6,8H,1H3;5H,2-4H2,1H3;1,3H;4*1H4;;;/q;;;;;;;;;;2*+1;-1/p-1. The van der Waals surface area contributed by atoms with Crippen molar-refractivity contribution in [3.8, 4) is 51.0 Å². The van der Waals surface area contributed by atoms with Gasteiger partial charge in [0.2, 0.25) is 12.2 Å². The number of halogens is 13. The second kappa shape index (κ2) is 49.9. The zero-order valence-electron chi connectivity index (χ0n) is 54.3. The number of carboxylic acids is 1. The fourth-order valence-electron chi connectivity index (χ4n) is 8.38. The van der Waals surface area contributed by atoms with Crippen LogP contribution < -0.4 is 118 Å². The molecule has 20 nitrogen and oxygen atoms in total. The molecule has 0 bridgehead atoms. The van der Waals surface area contributed by atoms with E-state index in [2.05, 4.69) is 40.9 Å². The summed E-state index contributed by atoms with van der Waals surface area (Å²) in [4.78, 5) is 45.9. The Hall–Kier alpha value is -5.90. The minimum atomic E-state index is -4.42. The second-order valence-electron chi connectivity index (χ2n) is 19.8. The van der Waals surface area contributed by atoms with Crippen LogP contribution in [0.4, 0.5) is 39.5 Å². The molecule has 4 unspecified atom stereocenters. The van der Waals surface area contributed by atoms with Crippen molar-refractivity contribution in [3.05, 3.63) is 214 Å². The maximum absolute atomic E-state index is 12.6. The minimum absolute atomic E-state index is 0. The molecular weight excluding hydrogens is 1570 g/mol. The van der Waals surface area contributed by atoms with Gasteiger partial charge in [0.05, 0.1) is 31.3 Å². The number of phenolic OH excluding ortho intramolecular Hbond substituents is 1. The van der Waals surface area contributed by atoms with E-state index in [1.807, 2.05) is 30.3 Å². The number of aliphatic carboxylic acids is 1. The summed E-state index contributed by atoms with van der Waals surface area (Å²) >= 11 is 21.1. The summed E-state index contributed by atoms with van der Waals surface area (Å²) in [6.07, 6.45) is -9.63. The molecule has 1 fully saturated rings. The first-order valence-corrected chi connectivity index (χ1v) is 30.3. The van der Waals surface area contributed by atoms with Crippen LogP contribution in [-0.2, 0) is 62.6 Å². The van der Waals surface area contributed by atoms with Crippen molar-refractivity contribution < 1.29 is 212 Å². The van der Waals surface area contributed by atoms with Crippen LogP contribution >= 0.6 is 50.7 Å². The van der Waals surface area contributed by atoms with E-state index in [-0.39, 0.29) is 197 Å². The fourth-order valence-corrected chi connectivity index (χ4v) is 9.39. The van der Waals surface area contributed by atoms with Crippen molar-refractivity contribution >= 4 is 75.1 Å². The summed E-state index contributed by atoms with van der Waals surface area (Å²) < 4.78 is 145. The molecule has 558 valence electrons. The van der Waals surface area contributed by atoms with Crippen LogP contribution in [0.5, 0.6) is 17.2 Å². The van der Waals surface area contributed by atoms with E-state index in [0.29, 0.717) is 37.3 Å². The number of methoxy groups -OCH3 is 3. The Morgan fingerprint density at radius 1 is 0.577 bits per heavy atom. The number of rotatable bonds is 18. The minimum Gasteiger partial charge on any atom is -1.00 e. The van der Waals surface area contributed by atoms with Gasteiger partial charge in [0.1, 0.15) is 41.7 Å². The van der Waals surface area contributed by atoms with Crippen LogP contribution in [0.1, 0.15) is 77.7 Å². The Morgan fingerprint density at radius 3 is 1.25 bits per heavy atom.